The molecule has 0 aliphatic carbocycles. The lowest BCUT2D eigenvalue weighted by Gasteiger charge is -2.12. The number of hydrogen-bond acceptors (Lipinski definition) is 6. The average Bonchev–Trinajstić information content (AvgIpc) is 3.55. The van der Waals surface area contributed by atoms with Gasteiger partial charge in [0.25, 0.3) is 11.8 Å². The summed E-state index contributed by atoms with van der Waals surface area (Å²) in [4.78, 5) is 29.1. The van der Waals surface area contributed by atoms with Crippen molar-refractivity contribution >= 4 is 74.0 Å². The number of aryl methyl sites for hydroxylation is 1. The molecule has 2 aromatic heterocycles. The van der Waals surface area contributed by atoms with Gasteiger partial charge in [-0.15, -0.1) is 10.2 Å². The number of halogens is 2. The molecule has 0 aliphatic heterocycles. The van der Waals surface area contributed by atoms with Crippen LogP contribution in [0, 0.1) is 3.57 Å². The van der Waals surface area contributed by atoms with Gasteiger partial charge in [0.2, 0.25) is 5.82 Å². The van der Waals surface area contributed by atoms with Crippen molar-refractivity contribution in [1.29, 1.82) is 0 Å². The molecule has 3 N–H and O–H groups in total. The number of azide groups is 1. The number of amides is 2. The fourth-order valence-corrected chi connectivity index (χ4v) is 4.78. The number of hydrogen-bond donors (Lipinski definition) is 3. The van der Waals surface area contributed by atoms with Crippen LogP contribution in [-0.4, -0.2) is 37.0 Å². The number of para-hydroxylation sites is 1. The van der Waals surface area contributed by atoms with Crippen molar-refractivity contribution in [3.05, 3.63) is 91.0 Å². The first-order valence-corrected chi connectivity index (χ1v) is 12.4. The third kappa shape index (κ3) is 4.89. The van der Waals surface area contributed by atoms with Gasteiger partial charge in [-0.05, 0) is 75.8 Å². The Kier molecular flexibility index (Phi) is 6.96. The predicted molar refractivity (Wildman–Crippen MR) is 151 cm³/mol. The van der Waals surface area contributed by atoms with Crippen LogP contribution in [-0.2, 0) is 7.05 Å². The molecule has 2 heterocycles. The second-order valence-corrected chi connectivity index (χ2v) is 9.62. The number of H-pyrrole nitrogens is 1. The number of benzene rings is 3. The number of carbonyl (C=O) groups excluding carboxylic acids is 2. The van der Waals surface area contributed by atoms with Gasteiger partial charge >= 0.3 is 0 Å². The van der Waals surface area contributed by atoms with Crippen LogP contribution in [0.5, 0.6) is 0 Å². The van der Waals surface area contributed by atoms with Gasteiger partial charge in [-0.3, -0.25) is 9.59 Å². The van der Waals surface area contributed by atoms with Gasteiger partial charge in [-0.25, -0.2) is 0 Å². The molecule has 2 amide bonds. The number of fused-ring (bicyclic) bond motifs is 1. The quantitative estimate of drug-likeness (QED) is 0.0888. The number of anilines is 2. The van der Waals surface area contributed by atoms with Crippen molar-refractivity contribution in [2.75, 3.05) is 10.6 Å². The summed E-state index contributed by atoms with van der Waals surface area (Å²) in [5.74, 6) is -0.441. The SMILES string of the molecule is Cn1c(C(=O)Nc2ccc(Cl)cc2-c2nn[nH]n2)cc2cccc(NC(=O)c3ccc(N=[N+]=[N-])c(I)c3)c21. The van der Waals surface area contributed by atoms with Crippen molar-refractivity contribution in [1.82, 2.24) is 25.2 Å². The molecule has 14 heteroatoms. The number of tetrazole rings is 1. The van der Waals surface area contributed by atoms with Gasteiger partial charge < -0.3 is 15.2 Å². The normalized spacial score (nSPS) is 10.7. The predicted octanol–water partition coefficient (Wildman–Crippen LogP) is 6.06. The summed E-state index contributed by atoms with van der Waals surface area (Å²) in [7, 11) is 1.74. The van der Waals surface area contributed by atoms with E-state index in [1.54, 1.807) is 66.2 Å². The highest BCUT2D eigenvalue weighted by Gasteiger charge is 2.19. The summed E-state index contributed by atoms with van der Waals surface area (Å²) in [6.07, 6.45) is 0. The van der Waals surface area contributed by atoms with Gasteiger partial charge in [-0.1, -0.05) is 34.9 Å². The summed E-state index contributed by atoms with van der Waals surface area (Å²) < 4.78 is 2.35. The van der Waals surface area contributed by atoms with Crippen molar-refractivity contribution in [2.24, 2.45) is 12.2 Å². The van der Waals surface area contributed by atoms with E-state index in [0.29, 0.717) is 48.0 Å². The third-order valence-corrected chi connectivity index (χ3v) is 6.81. The Balaban J connectivity index is 1.45. The van der Waals surface area contributed by atoms with Crippen molar-refractivity contribution < 1.29 is 9.59 Å². The molecule has 188 valence electrons. The third-order valence-electron chi connectivity index (χ3n) is 5.72. The van der Waals surface area contributed by atoms with Gasteiger partial charge in [0.1, 0.15) is 5.69 Å². The molecule has 0 saturated heterocycles. The molecule has 0 radical (unpaired) electrons. The highest BCUT2D eigenvalue weighted by Crippen LogP contribution is 2.31. The van der Waals surface area contributed by atoms with Gasteiger partial charge in [0, 0.05) is 37.1 Å². The summed E-state index contributed by atoms with van der Waals surface area (Å²) in [5, 5.41) is 24.5. The minimum Gasteiger partial charge on any atom is -0.338 e. The summed E-state index contributed by atoms with van der Waals surface area (Å²) in [6, 6.07) is 16.9. The number of carbonyl (C=O) groups is 2. The zero-order valence-corrected chi connectivity index (χ0v) is 22.4. The summed E-state index contributed by atoms with van der Waals surface area (Å²) in [6.45, 7) is 0. The molecule has 0 fully saturated rings. The number of nitrogens with zero attached hydrogens (tertiary/aromatic N) is 7. The molecule has 3 aromatic carbocycles. The Bertz CT molecular complexity index is 1760. The Morgan fingerprint density at radius 2 is 1.89 bits per heavy atom. The van der Waals surface area contributed by atoms with E-state index in [2.05, 4.69) is 41.3 Å². The standard InChI is InChI=1S/C24H16ClIN10O2/c1-36-20(24(38)28-17-8-6-14(25)11-15(17)22-31-34-35-32-22)10-12-3-2-4-19(21(12)36)29-23(37)13-5-7-18(30-33-27)16(26)9-13/h2-11H,1H3,(H,28,38)(H,29,37)(H,31,32,34,35). The lowest BCUT2D eigenvalue weighted by atomic mass is 10.1. The zero-order valence-electron chi connectivity index (χ0n) is 19.5. The second kappa shape index (κ2) is 10.5. The molecule has 0 unspecified atom stereocenters. The van der Waals surface area contributed by atoms with E-state index in [1.807, 2.05) is 28.7 Å². The first-order valence-electron chi connectivity index (χ1n) is 10.9. The van der Waals surface area contributed by atoms with Crippen molar-refractivity contribution in [3.8, 4) is 11.4 Å². The molecule has 12 nitrogen and oxygen atoms in total. The topological polar surface area (TPSA) is 166 Å². The van der Waals surface area contributed by atoms with Crippen LogP contribution < -0.4 is 10.6 Å². The first kappa shape index (κ1) is 25.2. The smallest absolute Gasteiger partial charge is 0.272 e. The van der Waals surface area contributed by atoms with E-state index in [-0.39, 0.29) is 17.6 Å². The number of aromatic nitrogens is 5. The Morgan fingerprint density at radius 3 is 2.63 bits per heavy atom. The maximum atomic E-state index is 13.3. The van der Waals surface area contributed by atoms with Crippen LogP contribution in [0.2, 0.25) is 5.02 Å². The van der Waals surface area contributed by atoms with Crippen LogP contribution >= 0.6 is 34.2 Å². The molecular weight excluding hydrogens is 623 g/mol. The minimum atomic E-state index is -0.378. The van der Waals surface area contributed by atoms with E-state index in [1.165, 1.54) is 0 Å². The number of nitrogens with one attached hydrogen (secondary N) is 3. The van der Waals surface area contributed by atoms with E-state index < -0.39 is 0 Å². The average molecular weight is 639 g/mol. The second-order valence-electron chi connectivity index (χ2n) is 8.02. The Labute approximate surface area is 233 Å². The van der Waals surface area contributed by atoms with E-state index in [9.17, 15) is 9.59 Å². The summed E-state index contributed by atoms with van der Waals surface area (Å²) >= 11 is 8.15. The van der Waals surface area contributed by atoms with Crippen LogP contribution in [0.3, 0.4) is 0 Å². The van der Waals surface area contributed by atoms with Crippen LogP contribution in [0.1, 0.15) is 20.8 Å². The lowest BCUT2D eigenvalue weighted by molar-refractivity contribution is 0.101. The highest BCUT2D eigenvalue weighted by molar-refractivity contribution is 14.1. The molecule has 0 saturated carbocycles. The molecule has 0 bridgehead atoms. The number of aromatic amines is 1. The van der Waals surface area contributed by atoms with Crippen molar-refractivity contribution in [2.45, 2.75) is 0 Å². The Hall–Kier alpha value is -4.46. The maximum Gasteiger partial charge on any atom is 0.272 e. The molecule has 5 rings (SSSR count). The lowest BCUT2D eigenvalue weighted by Crippen LogP contribution is -2.17. The number of rotatable bonds is 6. The monoisotopic (exact) mass is 638 g/mol. The summed E-state index contributed by atoms with van der Waals surface area (Å²) in [5.41, 5.74) is 12.0. The van der Waals surface area contributed by atoms with Gasteiger partial charge in [-0.2, -0.15) is 5.21 Å². The van der Waals surface area contributed by atoms with Gasteiger partial charge in [0.05, 0.1) is 22.6 Å². The molecule has 0 aliphatic rings. The van der Waals surface area contributed by atoms with E-state index >= 15 is 0 Å². The zero-order chi connectivity index (χ0) is 26.8. The highest BCUT2D eigenvalue weighted by atomic mass is 127. The van der Waals surface area contributed by atoms with E-state index in [0.717, 1.165) is 5.39 Å². The first-order chi connectivity index (χ1) is 18.4. The van der Waals surface area contributed by atoms with Gasteiger partial charge in [0.15, 0.2) is 0 Å². The Morgan fingerprint density at radius 1 is 1.08 bits per heavy atom. The molecular formula is C24H16ClIN10O2. The minimum absolute atomic E-state index is 0.284. The van der Waals surface area contributed by atoms with Crippen LogP contribution in [0.4, 0.5) is 17.1 Å². The fourth-order valence-electron chi connectivity index (χ4n) is 3.98. The molecule has 0 atom stereocenters. The largest absolute Gasteiger partial charge is 0.338 e. The maximum absolute atomic E-state index is 13.3. The molecule has 0 spiro atoms. The molecule has 5 aromatic rings. The fraction of sp³-hybridized carbons (Fsp3) is 0.0417. The molecule has 38 heavy (non-hydrogen) atoms. The van der Waals surface area contributed by atoms with Crippen molar-refractivity contribution in [3.63, 3.8) is 0 Å². The van der Waals surface area contributed by atoms with Crippen LogP contribution in [0.25, 0.3) is 32.7 Å². The van der Waals surface area contributed by atoms with E-state index in [4.69, 9.17) is 17.1 Å². The van der Waals surface area contributed by atoms with Crippen LogP contribution in [0.15, 0.2) is 65.8 Å².